The molecule has 0 aliphatic carbocycles. The van der Waals surface area contributed by atoms with Gasteiger partial charge in [-0.05, 0) is 43.2 Å². The number of hydrogen-bond donors (Lipinski definition) is 1. The van der Waals surface area contributed by atoms with Gasteiger partial charge in [0.2, 0.25) is 0 Å². The first-order chi connectivity index (χ1) is 11.1. The van der Waals surface area contributed by atoms with Crippen LogP contribution in [0.5, 0.6) is 0 Å². The number of carbonyl (C=O) groups is 1. The van der Waals surface area contributed by atoms with Crippen LogP contribution in [0.1, 0.15) is 27.3 Å². The van der Waals surface area contributed by atoms with Gasteiger partial charge in [-0.25, -0.2) is 10.4 Å². The largest absolute Gasteiger partial charge is 0.295 e. The second-order valence-electron chi connectivity index (χ2n) is 5.18. The molecule has 3 aromatic rings. The normalized spacial score (nSPS) is 11.3. The van der Waals surface area contributed by atoms with Crippen LogP contribution in [0.3, 0.4) is 0 Å². The Labute approximate surface area is 138 Å². The van der Waals surface area contributed by atoms with Gasteiger partial charge in [0.15, 0.2) is 0 Å². The smallest absolute Gasteiger partial charge is 0.290 e. The summed E-state index contributed by atoms with van der Waals surface area (Å²) in [6.45, 7) is 3.77. The number of rotatable bonds is 3. The maximum absolute atomic E-state index is 12.4. The Kier molecular flexibility index (Phi) is 4.12. The Balaban J connectivity index is 1.82. The van der Waals surface area contributed by atoms with Crippen molar-refractivity contribution in [3.63, 3.8) is 0 Å². The summed E-state index contributed by atoms with van der Waals surface area (Å²) in [7, 11) is 0. The molecule has 0 aliphatic heterocycles. The summed E-state index contributed by atoms with van der Waals surface area (Å²) < 4.78 is 1.78. The number of nitrogens with one attached hydrogen (secondary N) is 1. The molecule has 6 heteroatoms. The van der Waals surface area contributed by atoms with Gasteiger partial charge < -0.3 is 0 Å². The standard InChI is InChI=1S/C17H15ClN4O/c1-11-4-3-9-22-15(12(2)20-16(11)22)17(23)21-19-10-13-5-7-14(18)8-6-13/h3-10H,1-2H3,(H,21,23)/b19-10-. The minimum absolute atomic E-state index is 0.300. The highest BCUT2D eigenvalue weighted by atomic mass is 35.5. The maximum atomic E-state index is 12.4. The second kappa shape index (κ2) is 6.22. The number of amides is 1. The highest BCUT2D eigenvalue weighted by Gasteiger charge is 2.16. The minimum atomic E-state index is -0.300. The van der Waals surface area contributed by atoms with E-state index >= 15 is 0 Å². The molecule has 2 heterocycles. The number of hydrogen-bond acceptors (Lipinski definition) is 3. The van der Waals surface area contributed by atoms with Crippen molar-refractivity contribution in [1.82, 2.24) is 14.8 Å². The summed E-state index contributed by atoms with van der Waals surface area (Å²) in [5.74, 6) is -0.300. The van der Waals surface area contributed by atoms with Crippen LogP contribution in [0.25, 0.3) is 5.65 Å². The zero-order valence-electron chi connectivity index (χ0n) is 12.7. The van der Waals surface area contributed by atoms with Gasteiger partial charge in [-0.15, -0.1) is 0 Å². The Morgan fingerprint density at radius 3 is 2.74 bits per heavy atom. The summed E-state index contributed by atoms with van der Waals surface area (Å²) in [6.07, 6.45) is 3.39. The monoisotopic (exact) mass is 326 g/mol. The van der Waals surface area contributed by atoms with E-state index in [1.54, 1.807) is 22.7 Å². The third-order valence-corrected chi connectivity index (χ3v) is 3.74. The maximum Gasteiger partial charge on any atom is 0.290 e. The quantitative estimate of drug-likeness (QED) is 0.592. The van der Waals surface area contributed by atoms with E-state index in [0.29, 0.717) is 16.4 Å². The molecule has 0 saturated carbocycles. The number of aromatic nitrogens is 2. The lowest BCUT2D eigenvalue weighted by Crippen LogP contribution is -2.20. The number of pyridine rings is 1. The first-order valence-corrected chi connectivity index (χ1v) is 7.47. The molecule has 0 unspecified atom stereocenters. The molecule has 5 nitrogen and oxygen atoms in total. The predicted molar refractivity (Wildman–Crippen MR) is 91.2 cm³/mol. The fraction of sp³-hybridized carbons (Fsp3) is 0.118. The number of carbonyl (C=O) groups excluding carboxylic acids is 1. The van der Waals surface area contributed by atoms with Crippen molar-refractivity contribution in [2.45, 2.75) is 13.8 Å². The third-order valence-electron chi connectivity index (χ3n) is 3.48. The van der Waals surface area contributed by atoms with Gasteiger partial charge in [0.1, 0.15) is 11.3 Å². The van der Waals surface area contributed by atoms with Gasteiger partial charge in [-0.3, -0.25) is 9.20 Å². The van der Waals surface area contributed by atoms with Crippen molar-refractivity contribution in [2.75, 3.05) is 0 Å². The Hall–Kier alpha value is -2.66. The summed E-state index contributed by atoms with van der Waals surface area (Å²) in [4.78, 5) is 16.8. The molecule has 0 saturated heterocycles. The number of fused-ring (bicyclic) bond motifs is 1. The summed E-state index contributed by atoms with van der Waals surface area (Å²) in [5, 5.41) is 4.64. The lowest BCUT2D eigenvalue weighted by atomic mass is 10.2. The summed E-state index contributed by atoms with van der Waals surface area (Å²) in [5.41, 5.74) is 6.32. The molecule has 0 radical (unpaired) electrons. The van der Waals surface area contributed by atoms with Crippen LogP contribution in [0.4, 0.5) is 0 Å². The van der Waals surface area contributed by atoms with Gasteiger partial charge in [0.05, 0.1) is 11.9 Å². The van der Waals surface area contributed by atoms with Gasteiger partial charge >= 0.3 is 0 Å². The molecule has 1 amide bonds. The van der Waals surface area contributed by atoms with Crippen LogP contribution < -0.4 is 5.43 Å². The summed E-state index contributed by atoms with van der Waals surface area (Å²) >= 11 is 5.83. The van der Waals surface area contributed by atoms with Crippen LogP contribution >= 0.6 is 11.6 Å². The fourth-order valence-electron chi connectivity index (χ4n) is 2.36. The predicted octanol–water partition coefficient (Wildman–Crippen LogP) is 3.37. The number of benzene rings is 1. The molecular formula is C17H15ClN4O. The third kappa shape index (κ3) is 3.10. The van der Waals surface area contributed by atoms with E-state index in [2.05, 4.69) is 15.5 Å². The van der Waals surface area contributed by atoms with Crippen molar-refractivity contribution >= 4 is 29.4 Å². The van der Waals surface area contributed by atoms with Crippen molar-refractivity contribution in [3.8, 4) is 0 Å². The molecule has 2 aromatic heterocycles. The van der Waals surface area contributed by atoms with Gasteiger partial charge in [-0.2, -0.15) is 5.10 Å². The molecular weight excluding hydrogens is 312 g/mol. The SMILES string of the molecule is Cc1nc2c(C)cccn2c1C(=O)N/N=C\c1ccc(Cl)cc1. The topological polar surface area (TPSA) is 58.8 Å². The highest BCUT2D eigenvalue weighted by Crippen LogP contribution is 2.15. The lowest BCUT2D eigenvalue weighted by molar-refractivity contribution is 0.0948. The van der Waals surface area contributed by atoms with E-state index in [1.807, 2.05) is 44.3 Å². The van der Waals surface area contributed by atoms with E-state index in [1.165, 1.54) is 0 Å². The molecule has 0 spiro atoms. The number of aryl methyl sites for hydroxylation is 2. The zero-order valence-corrected chi connectivity index (χ0v) is 13.5. The average Bonchev–Trinajstić information content (AvgIpc) is 2.87. The number of imidazole rings is 1. The molecule has 23 heavy (non-hydrogen) atoms. The van der Waals surface area contributed by atoms with E-state index in [0.717, 1.165) is 16.8 Å². The molecule has 1 N–H and O–H groups in total. The number of nitrogens with zero attached hydrogens (tertiary/aromatic N) is 3. The first kappa shape index (κ1) is 15.2. The van der Waals surface area contributed by atoms with Crippen molar-refractivity contribution in [3.05, 3.63) is 70.1 Å². The highest BCUT2D eigenvalue weighted by molar-refractivity contribution is 6.30. The van der Waals surface area contributed by atoms with E-state index in [9.17, 15) is 4.79 Å². The van der Waals surface area contributed by atoms with E-state index < -0.39 is 0 Å². The van der Waals surface area contributed by atoms with Crippen molar-refractivity contribution in [2.24, 2.45) is 5.10 Å². The lowest BCUT2D eigenvalue weighted by Gasteiger charge is -2.02. The molecule has 0 atom stereocenters. The van der Waals surface area contributed by atoms with Gasteiger partial charge in [0, 0.05) is 11.2 Å². The molecule has 3 rings (SSSR count). The Morgan fingerprint density at radius 1 is 1.26 bits per heavy atom. The van der Waals surface area contributed by atoms with Crippen LogP contribution in [0.15, 0.2) is 47.7 Å². The Bertz CT molecular complexity index is 897. The van der Waals surface area contributed by atoms with Crippen molar-refractivity contribution in [1.29, 1.82) is 0 Å². The molecule has 0 aliphatic rings. The van der Waals surface area contributed by atoms with Crippen LogP contribution in [-0.4, -0.2) is 21.5 Å². The van der Waals surface area contributed by atoms with Crippen LogP contribution in [0.2, 0.25) is 5.02 Å². The first-order valence-electron chi connectivity index (χ1n) is 7.09. The van der Waals surface area contributed by atoms with Gasteiger partial charge in [0.25, 0.3) is 5.91 Å². The van der Waals surface area contributed by atoms with Gasteiger partial charge in [-0.1, -0.05) is 29.8 Å². The molecule has 0 bridgehead atoms. The number of hydrazone groups is 1. The van der Waals surface area contributed by atoms with Crippen LogP contribution in [-0.2, 0) is 0 Å². The van der Waals surface area contributed by atoms with E-state index in [-0.39, 0.29) is 5.91 Å². The van der Waals surface area contributed by atoms with Crippen LogP contribution in [0, 0.1) is 13.8 Å². The minimum Gasteiger partial charge on any atom is -0.295 e. The zero-order chi connectivity index (χ0) is 16.4. The summed E-state index contributed by atoms with van der Waals surface area (Å²) in [6, 6.07) is 11.0. The van der Waals surface area contributed by atoms with E-state index in [4.69, 9.17) is 11.6 Å². The second-order valence-corrected chi connectivity index (χ2v) is 5.62. The molecule has 1 aromatic carbocycles. The Morgan fingerprint density at radius 2 is 2.00 bits per heavy atom. The number of halogens is 1. The average molecular weight is 327 g/mol. The molecule has 116 valence electrons. The molecule has 0 fully saturated rings. The fourth-order valence-corrected chi connectivity index (χ4v) is 2.48. The van der Waals surface area contributed by atoms with Crippen molar-refractivity contribution < 1.29 is 4.79 Å².